The molecule has 5 heteroatoms. The third-order valence-electron chi connectivity index (χ3n) is 9.96. The van der Waals surface area contributed by atoms with Gasteiger partial charge in [-0.2, -0.15) is 0 Å². The van der Waals surface area contributed by atoms with Crippen molar-refractivity contribution < 1.29 is 19.1 Å². The SMILES string of the molecule is CCCCCCCCC(CCC)OC=O.CCCCCCCCC(CCCCCCC)OC.CCCCCCCCNCCCCCCCC=O. The first-order chi connectivity index (χ1) is 25.1. The van der Waals surface area contributed by atoms with Crippen LogP contribution < -0.4 is 5.32 Å². The molecule has 308 valence electrons. The maximum Gasteiger partial charge on any atom is 0.293 e. The molecule has 0 aromatic carbocycles. The average molecular weight is 726 g/mol. The van der Waals surface area contributed by atoms with Crippen LogP contribution in [-0.4, -0.2) is 45.2 Å². The minimum Gasteiger partial charge on any atom is -0.465 e. The Kier molecular flexibility index (Phi) is 57.0. The van der Waals surface area contributed by atoms with Gasteiger partial charge in [0, 0.05) is 13.5 Å². The Morgan fingerprint density at radius 2 is 0.765 bits per heavy atom. The second-order valence-electron chi connectivity index (χ2n) is 15.1. The Hall–Kier alpha value is -0.940. The van der Waals surface area contributed by atoms with E-state index in [2.05, 4.69) is 39.9 Å². The number of nitrogens with one attached hydrogen (secondary N) is 1. The molecule has 0 radical (unpaired) electrons. The van der Waals surface area contributed by atoms with Crippen LogP contribution >= 0.6 is 0 Å². The summed E-state index contributed by atoms with van der Waals surface area (Å²) < 4.78 is 10.6. The lowest BCUT2D eigenvalue weighted by Crippen LogP contribution is -2.16. The normalized spacial score (nSPS) is 12.0. The molecule has 2 unspecified atom stereocenters. The second-order valence-corrected chi connectivity index (χ2v) is 15.1. The quantitative estimate of drug-likeness (QED) is 0.0503. The molecule has 0 rings (SSSR count). The molecular weight excluding hydrogens is 631 g/mol. The highest BCUT2D eigenvalue weighted by Gasteiger charge is 2.07. The van der Waals surface area contributed by atoms with Crippen LogP contribution in [0.5, 0.6) is 0 Å². The zero-order chi connectivity index (χ0) is 38.1. The third-order valence-corrected chi connectivity index (χ3v) is 9.96. The van der Waals surface area contributed by atoms with Crippen molar-refractivity contribution in [2.24, 2.45) is 0 Å². The van der Waals surface area contributed by atoms with Crippen molar-refractivity contribution in [2.75, 3.05) is 20.2 Å². The Morgan fingerprint density at radius 3 is 1.12 bits per heavy atom. The van der Waals surface area contributed by atoms with E-state index in [1.165, 1.54) is 199 Å². The third kappa shape index (κ3) is 53.5. The van der Waals surface area contributed by atoms with Gasteiger partial charge in [-0.25, -0.2) is 0 Å². The van der Waals surface area contributed by atoms with Gasteiger partial charge < -0.3 is 19.6 Å². The van der Waals surface area contributed by atoms with E-state index in [4.69, 9.17) is 9.47 Å². The Morgan fingerprint density at radius 1 is 0.412 bits per heavy atom. The number of ether oxygens (including phenoxy) is 2. The molecule has 0 heterocycles. The van der Waals surface area contributed by atoms with Crippen LogP contribution in [0.3, 0.4) is 0 Å². The molecule has 0 fully saturated rings. The standard InChI is InChI=1S/C17H36O.C16H33NO.C13H26O2/c1-4-6-8-10-12-14-16-17(18-3)15-13-11-9-7-5-2;1-2-3-4-5-8-11-14-17-15-12-9-6-7-10-13-16-18;1-3-5-6-7-8-9-11-13(10-4-2)15-12-14/h17H,4-16H2,1-3H3;16-17H,2-15H2,1H3;12-13H,3-11H2,1-2H3. The number of aldehydes is 1. The van der Waals surface area contributed by atoms with Gasteiger partial charge in [0.15, 0.2) is 0 Å². The summed E-state index contributed by atoms with van der Waals surface area (Å²) in [6, 6.07) is 0. The van der Waals surface area contributed by atoms with Crippen LogP contribution in [0.1, 0.15) is 253 Å². The largest absolute Gasteiger partial charge is 0.465 e. The molecule has 0 saturated heterocycles. The molecule has 0 aliphatic carbocycles. The van der Waals surface area contributed by atoms with Crippen LogP contribution in [0.15, 0.2) is 0 Å². The van der Waals surface area contributed by atoms with Gasteiger partial charge in [0.1, 0.15) is 12.4 Å². The van der Waals surface area contributed by atoms with Crippen molar-refractivity contribution in [1.82, 2.24) is 5.32 Å². The molecule has 5 nitrogen and oxygen atoms in total. The number of hydrogen-bond acceptors (Lipinski definition) is 5. The number of methoxy groups -OCH3 is 1. The van der Waals surface area contributed by atoms with Gasteiger partial charge in [-0.1, -0.05) is 195 Å². The molecule has 0 aromatic heterocycles. The summed E-state index contributed by atoms with van der Waals surface area (Å²) in [5.41, 5.74) is 0. The van der Waals surface area contributed by atoms with Gasteiger partial charge in [0.2, 0.25) is 0 Å². The van der Waals surface area contributed by atoms with Gasteiger partial charge in [-0.05, 0) is 64.5 Å². The molecular formula is C46H95NO4. The fourth-order valence-electron chi connectivity index (χ4n) is 6.50. The summed E-state index contributed by atoms with van der Waals surface area (Å²) >= 11 is 0. The molecule has 0 aliphatic heterocycles. The van der Waals surface area contributed by atoms with Crippen LogP contribution in [-0.2, 0) is 19.1 Å². The van der Waals surface area contributed by atoms with Gasteiger partial charge in [0.25, 0.3) is 6.47 Å². The van der Waals surface area contributed by atoms with E-state index in [0.717, 1.165) is 38.4 Å². The van der Waals surface area contributed by atoms with Gasteiger partial charge in [0.05, 0.1) is 6.10 Å². The second kappa shape index (κ2) is 53.4. The van der Waals surface area contributed by atoms with Gasteiger partial charge in [-0.15, -0.1) is 0 Å². The van der Waals surface area contributed by atoms with Crippen molar-refractivity contribution in [3.05, 3.63) is 0 Å². The molecule has 0 amide bonds. The van der Waals surface area contributed by atoms with Crippen molar-refractivity contribution in [1.29, 1.82) is 0 Å². The maximum absolute atomic E-state index is 10.2. The maximum atomic E-state index is 10.2. The summed E-state index contributed by atoms with van der Waals surface area (Å²) in [6.07, 6.45) is 45.7. The number of rotatable bonds is 40. The zero-order valence-electron chi connectivity index (χ0n) is 35.9. The summed E-state index contributed by atoms with van der Waals surface area (Å²) in [7, 11) is 1.88. The van der Waals surface area contributed by atoms with E-state index in [9.17, 15) is 9.59 Å². The highest BCUT2D eigenvalue weighted by atomic mass is 16.5. The van der Waals surface area contributed by atoms with E-state index >= 15 is 0 Å². The number of unbranched alkanes of at least 4 members (excludes halogenated alkanes) is 24. The lowest BCUT2D eigenvalue weighted by Gasteiger charge is -2.15. The molecule has 1 N–H and O–H groups in total. The average Bonchev–Trinajstić information content (AvgIpc) is 3.14. The van der Waals surface area contributed by atoms with Crippen LogP contribution in [0, 0.1) is 0 Å². The predicted octanol–water partition coefficient (Wildman–Crippen LogP) is 14.7. The molecule has 0 saturated carbocycles. The van der Waals surface area contributed by atoms with Crippen molar-refractivity contribution >= 4 is 12.8 Å². The summed E-state index contributed by atoms with van der Waals surface area (Å²) in [5.74, 6) is 0. The molecule has 0 spiro atoms. The highest BCUT2D eigenvalue weighted by molar-refractivity contribution is 5.48. The molecule has 0 bridgehead atoms. The molecule has 2 atom stereocenters. The Bertz CT molecular complexity index is 602. The zero-order valence-corrected chi connectivity index (χ0v) is 35.9. The van der Waals surface area contributed by atoms with E-state index in [0.29, 0.717) is 12.6 Å². The van der Waals surface area contributed by atoms with Crippen LogP contribution in [0.4, 0.5) is 0 Å². The number of carbonyl (C=O) groups excluding carboxylic acids is 2. The lowest BCUT2D eigenvalue weighted by atomic mass is 10.0. The van der Waals surface area contributed by atoms with E-state index in [1.54, 1.807) is 0 Å². The minimum atomic E-state index is 0.165. The first-order valence-corrected chi connectivity index (χ1v) is 22.9. The van der Waals surface area contributed by atoms with Crippen molar-refractivity contribution in [2.45, 2.75) is 265 Å². The van der Waals surface area contributed by atoms with Gasteiger partial charge >= 0.3 is 0 Å². The summed E-state index contributed by atoms with van der Waals surface area (Å²) in [5, 5.41) is 3.52. The Balaban J connectivity index is -0.000000681. The number of hydrogen-bond donors (Lipinski definition) is 1. The summed E-state index contributed by atoms with van der Waals surface area (Å²) in [6.45, 7) is 14.1. The fraction of sp³-hybridized carbons (Fsp3) is 0.957. The molecule has 0 aromatic rings. The van der Waals surface area contributed by atoms with Gasteiger partial charge in [-0.3, -0.25) is 4.79 Å². The number of carbonyl (C=O) groups is 2. The Labute approximate surface area is 321 Å². The van der Waals surface area contributed by atoms with Crippen LogP contribution in [0.25, 0.3) is 0 Å². The fourth-order valence-corrected chi connectivity index (χ4v) is 6.50. The van der Waals surface area contributed by atoms with E-state index < -0.39 is 0 Å². The predicted molar refractivity (Wildman–Crippen MR) is 226 cm³/mol. The van der Waals surface area contributed by atoms with E-state index in [1.807, 2.05) is 7.11 Å². The summed E-state index contributed by atoms with van der Waals surface area (Å²) in [4.78, 5) is 20.4. The van der Waals surface area contributed by atoms with Crippen LogP contribution in [0.2, 0.25) is 0 Å². The van der Waals surface area contributed by atoms with Crippen molar-refractivity contribution in [3.8, 4) is 0 Å². The highest BCUT2D eigenvalue weighted by Crippen LogP contribution is 2.16. The smallest absolute Gasteiger partial charge is 0.293 e. The van der Waals surface area contributed by atoms with Crippen molar-refractivity contribution in [3.63, 3.8) is 0 Å². The molecule has 51 heavy (non-hydrogen) atoms. The first kappa shape index (κ1) is 54.4. The monoisotopic (exact) mass is 726 g/mol. The first-order valence-electron chi connectivity index (χ1n) is 22.9. The topological polar surface area (TPSA) is 64.6 Å². The lowest BCUT2D eigenvalue weighted by molar-refractivity contribution is -0.134. The minimum absolute atomic E-state index is 0.165. The molecule has 0 aliphatic rings. The van der Waals surface area contributed by atoms with E-state index in [-0.39, 0.29) is 6.10 Å².